The van der Waals surface area contributed by atoms with Crippen molar-refractivity contribution in [3.63, 3.8) is 0 Å². The number of carbonyl (C=O) groups excluding carboxylic acids is 2. The average Bonchev–Trinajstić information content (AvgIpc) is 2.73. The van der Waals surface area contributed by atoms with Gasteiger partial charge in [-0.25, -0.2) is 0 Å². The topological polar surface area (TPSA) is 49.4 Å². The van der Waals surface area contributed by atoms with Gasteiger partial charge in [-0.15, -0.1) is 0 Å². The average molecular weight is 426 g/mol. The molecule has 0 aliphatic carbocycles. The molecule has 0 saturated heterocycles. The maximum atomic E-state index is 12.5. The van der Waals surface area contributed by atoms with E-state index in [2.05, 4.69) is 21.2 Å². The van der Waals surface area contributed by atoms with Gasteiger partial charge in [0.1, 0.15) is 5.70 Å². The molecule has 1 aliphatic rings. The maximum Gasteiger partial charge on any atom is 0.277 e. The Hall–Kier alpha value is -1.82. The first-order valence-corrected chi connectivity index (χ1v) is 8.48. The van der Waals surface area contributed by atoms with Gasteiger partial charge in [-0.3, -0.25) is 14.5 Å². The van der Waals surface area contributed by atoms with Gasteiger partial charge < -0.3 is 5.32 Å². The van der Waals surface area contributed by atoms with Gasteiger partial charge >= 0.3 is 0 Å². The first kappa shape index (κ1) is 17.0. The van der Waals surface area contributed by atoms with Gasteiger partial charge in [-0.05, 0) is 30.3 Å². The Morgan fingerprint density at radius 2 is 1.79 bits per heavy atom. The van der Waals surface area contributed by atoms with E-state index >= 15 is 0 Å². The van der Waals surface area contributed by atoms with Gasteiger partial charge in [0.05, 0.1) is 10.6 Å². The van der Waals surface area contributed by atoms with Gasteiger partial charge in [0, 0.05) is 27.8 Å². The van der Waals surface area contributed by atoms with Crippen molar-refractivity contribution in [3.05, 3.63) is 68.2 Å². The van der Waals surface area contributed by atoms with Crippen LogP contribution in [0.4, 0.5) is 5.69 Å². The number of halogens is 3. The fourth-order valence-electron chi connectivity index (χ4n) is 2.41. The molecule has 3 rings (SSSR count). The van der Waals surface area contributed by atoms with E-state index in [1.165, 1.54) is 13.1 Å². The molecule has 7 heteroatoms. The number of carbonyl (C=O) groups is 2. The van der Waals surface area contributed by atoms with E-state index in [-0.39, 0.29) is 11.3 Å². The minimum atomic E-state index is -0.416. The molecule has 0 atom stereocenters. The summed E-state index contributed by atoms with van der Waals surface area (Å²) in [5.41, 5.74) is 1.55. The quantitative estimate of drug-likeness (QED) is 0.732. The third-order valence-corrected chi connectivity index (χ3v) is 4.62. The summed E-state index contributed by atoms with van der Waals surface area (Å²) in [6.07, 6.45) is 0. The summed E-state index contributed by atoms with van der Waals surface area (Å²) < 4.78 is 0.851. The van der Waals surface area contributed by atoms with Crippen LogP contribution in [0.25, 0.3) is 5.57 Å². The van der Waals surface area contributed by atoms with E-state index < -0.39 is 11.8 Å². The van der Waals surface area contributed by atoms with E-state index in [4.69, 9.17) is 23.2 Å². The molecule has 1 aliphatic heterocycles. The first-order chi connectivity index (χ1) is 11.4. The van der Waals surface area contributed by atoms with Crippen LogP contribution in [0.15, 0.2) is 52.6 Å². The van der Waals surface area contributed by atoms with Gasteiger partial charge in [0.2, 0.25) is 0 Å². The van der Waals surface area contributed by atoms with E-state index in [9.17, 15) is 9.59 Å². The highest BCUT2D eigenvalue weighted by atomic mass is 79.9. The fraction of sp³-hybridized carbons (Fsp3) is 0.0588. The molecule has 0 fully saturated rings. The standard InChI is InChI=1S/C17H11BrCl2N2O2/c1-22-16(23)14(12-6-5-10(19)8-13(12)20)15(17(22)24)21-11-4-2-3-9(18)7-11/h2-8,21H,1H3. The SMILES string of the molecule is CN1C(=O)C(Nc2cccc(Br)c2)=C(c2ccc(Cl)cc2Cl)C1=O. The Bertz CT molecular complexity index is 896. The fourth-order valence-corrected chi connectivity index (χ4v) is 3.31. The summed E-state index contributed by atoms with van der Waals surface area (Å²) in [5.74, 6) is -0.831. The maximum absolute atomic E-state index is 12.5. The van der Waals surface area contributed by atoms with Crippen LogP contribution < -0.4 is 5.32 Å². The van der Waals surface area contributed by atoms with E-state index in [0.29, 0.717) is 21.3 Å². The summed E-state index contributed by atoms with van der Waals surface area (Å²) in [6, 6.07) is 12.1. The lowest BCUT2D eigenvalue weighted by Gasteiger charge is -2.09. The molecule has 4 nitrogen and oxygen atoms in total. The molecule has 0 aromatic heterocycles. The minimum Gasteiger partial charge on any atom is -0.350 e. The first-order valence-electron chi connectivity index (χ1n) is 6.93. The summed E-state index contributed by atoms with van der Waals surface area (Å²) >= 11 is 15.5. The van der Waals surface area contributed by atoms with Crippen molar-refractivity contribution in [3.8, 4) is 0 Å². The number of amides is 2. The van der Waals surface area contributed by atoms with E-state index in [0.717, 1.165) is 9.37 Å². The minimum absolute atomic E-state index is 0.185. The van der Waals surface area contributed by atoms with Gasteiger partial charge in [-0.2, -0.15) is 0 Å². The third kappa shape index (κ3) is 3.07. The Kier molecular flexibility index (Phi) is 4.67. The van der Waals surface area contributed by atoms with Crippen LogP contribution in [0.2, 0.25) is 10.0 Å². The summed E-state index contributed by atoms with van der Waals surface area (Å²) in [7, 11) is 1.43. The predicted molar refractivity (Wildman–Crippen MR) is 98.9 cm³/mol. The second kappa shape index (κ2) is 6.59. The number of likely N-dealkylation sites (N-methyl/N-ethyl adjacent to an activating group) is 1. The molecular formula is C17H11BrCl2N2O2. The number of hydrogen-bond acceptors (Lipinski definition) is 3. The Morgan fingerprint density at radius 1 is 1.04 bits per heavy atom. The van der Waals surface area contributed by atoms with Crippen molar-refractivity contribution in [2.75, 3.05) is 12.4 Å². The number of rotatable bonds is 3. The van der Waals surface area contributed by atoms with E-state index in [1.807, 2.05) is 18.2 Å². The molecule has 0 spiro atoms. The Balaban J connectivity index is 2.14. The number of nitrogens with zero attached hydrogens (tertiary/aromatic N) is 1. The van der Waals surface area contributed by atoms with Crippen molar-refractivity contribution in [1.29, 1.82) is 0 Å². The lowest BCUT2D eigenvalue weighted by atomic mass is 10.0. The van der Waals surface area contributed by atoms with Crippen molar-refractivity contribution in [1.82, 2.24) is 4.90 Å². The third-order valence-electron chi connectivity index (χ3n) is 3.58. The van der Waals surface area contributed by atoms with Crippen LogP contribution in [0.3, 0.4) is 0 Å². The highest BCUT2D eigenvalue weighted by molar-refractivity contribution is 9.10. The van der Waals surface area contributed by atoms with Crippen LogP contribution >= 0.6 is 39.1 Å². The molecular weight excluding hydrogens is 415 g/mol. The molecule has 0 radical (unpaired) electrons. The Labute approximate surface area is 157 Å². The van der Waals surface area contributed by atoms with Gasteiger partial charge in [-0.1, -0.05) is 51.3 Å². The zero-order valence-electron chi connectivity index (χ0n) is 12.4. The summed E-state index contributed by atoms with van der Waals surface area (Å²) in [4.78, 5) is 26.1. The largest absolute Gasteiger partial charge is 0.350 e. The number of hydrogen-bond donors (Lipinski definition) is 1. The van der Waals surface area contributed by atoms with Crippen LogP contribution in [0.1, 0.15) is 5.56 Å². The number of anilines is 1. The lowest BCUT2D eigenvalue weighted by Crippen LogP contribution is -2.27. The van der Waals surface area contributed by atoms with Crippen LogP contribution in [-0.2, 0) is 9.59 Å². The zero-order chi connectivity index (χ0) is 17.4. The van der Waals surface area contributed by atoms with Crippen molar-refractivity contribution in [2.24, 2.45) is 0 Å². The van der Waals surface area contributed by atoms with Gasteiger partial charge in [0.15, 0.2) is 0 Å². The second-order valence-corrected chi connectivity index (χ2v) is 6.94. The van der Waals surface area contributed by atoms with Gasteiger partial charge in [0.25, 0.3) is 11.8 Å². The van der Waals surface area contributed by atoms with Crippen LogP contribution in [0.5, 0.6) is 0 Å². The number of nitrogens with one attached hydrogen (secondary N) is 1. The molecule has 2 aromatic rings. The molecule has 122 valence electrons. The van der Waals surface area contributed by atoms with Crippen molar-refractivity contribution < 1.29 is 9.59 Å². The lowest BCUT2D eigenvalue weighted by molar-refractivity contribution is -0.135. The smallest absolute Gasteiger partial charge is 0.277 e. The second-order valence-electron chi connectivity index (χ2n) is 5.18. The summed E-state index contributed by atoms with van der Waals surface area (Å²) in [5, 5.41) is 3.79. The van der Waals surface area contributed by atoms with Crippen LogP contribution in [-0.4, -0.2) is 23.8 Å². The molecule has 2 aromatic carbocycles. The molecule has 1 heterocycles. The van der Waals surface area contributed by atoms with E-state index in [1.54, 1.807) is 18.2 Å². The molecule has 24 heavy (non-hydrogen) atoms. The zero-order valence-corrected chi connectivity index (χ0v) is 15.5. The molecule has 0 unspecified atom stereocenters. The molecule has 0 bridgehead atoms. The summed E-state index contributed by atoms with van der Waals surface area (Å²) in [6.45, 7) is 0. The molecule has 0 saturated carbocycles. The highest BCUT2D eigenvalue weighted by Crippen LogP contribution is 2.34. The predicted octanol–water partition coefficient (Wildman–Crippen LogP) is 4.58. The highest BCUT2D eigenvalue weighted by Gasteiger charge is 2.37. The molecule has 1 N–H and O–H groups in total. The normalized spacial score (nSPS) is 14.6. The number of imide groups is 1. The number of benzene rings is 2. The molecule has 2 amide bonds. The van der Waals surface area contributed by atoms with Crippen LogP contribution in [0, 0.1) is 0 Å². The Morgan fingerprint density at radius 3 is 2.46 bits per heavy atom. The monoisotopic (exact) mass is 424 g/mol. The van der Waals surface area contributed by atoms with Crippen molar-refractivity contribution in [2.45, 2.75) is 0 Å². The van der Waals surface area contributed by atoms with Crippen molar-refractivity contribution >= 4 is 62.2 Å².